The second-order valence-corrected chi connectivity index (χ2v) is 4.49. The van der Waals surface area contributed by atoms with Crippen LogP contribution in [0.1, 0.15) is 5.56 Å². The molecule has 19 heavy (non-hydrogen) atoms. The highest BCUT2D eigenvalue weighted by molar-refractivity contribution is 5.48. The van der Waals surface area contributed by atoms with Crippen molar-refractivity contribution < 1.29 is 5.11 Å². The quantitative estimate of drug-likeness (QED) is 0.810. The SMILES string of the molecule is CN(C)c1ccc(NCc2cnn(CCO)c2)cn1. The fraction of sp³-hybridized carbons (Fsp3) is 0.385. The first kappa shape index (κ1) is 13.4. The van der Waals surface area contributed by atoms with Gasteiger partial charge in [0.25, 0.3) is 0 Å². The monoisotopic (exact) mass is 261 g/mol. The van der Waals surface area contributed by atoms with E-state index in [-0.39, 0.29) is 6.61 Å². The highest BCUT2D eigenvalue weighted by Crippen LogP contribution is 2.12. The molecule has 2 N–H and O–H groups in total. The number of nitrogens with one attached hydrogen (secondary N) is 1. The van der Waals surface area contributed by atoms with Crippen LogP contribution in [0.25, 0.3) is 0 Å². The first-order valence-electron chi connectivity index (χ1n) is 6.18. The van der Waals surface area contributed by atoms with Crippen LogP contribution in [0.2, 0.25) is 0 Å². The topological polar surface area (TPSA) is 66.2 Å². The Morgan fingerprint density at radius 3 is 2.79 bits per heavy atom. The zero-order valence-corrected chi connectivity index (χ0v) is 11.2. The highest BCUT2D eigenvalue weighted by atomic mass is 16.3. The van der Waals surface area contributed by atoms with Gasteiger partial charge in [-0.2, -0.15) is 5.10 Å². The summed E-state index contributed by atoms with van der Waals surface area (Å²) >= 11 is 0. The molecule has 2 aromatic rings. The van der Waals surface area contributed by atoms with Gasteiger partial charge in [-0.05, 0) is 12.1 Å². The smallest absolute Gasteiger partial charge is 0.128 e. The van der Waals surface area contributed by atoms with Crippen LogP contribution < -0.4 is 10.2 Å². The third-order valence-corrected chi connectivity index (χ3v) is 2.72. The predicted octanol–water partition coefficient (Wildman–Crippen LogP) is 0.948. The van der Waals surface area contributed by atoms with Gasteiger partial charge in [-0.3, -0.25) is 4.68 Å². The van der Waals surface area contributed by atoms with Crippen molar-refractivity contribution in [1.29, 1.82) is 0 Å². The molecule has 0 aliphatic rings. The average Bonchev–Trinajstić information content (AvgIpc) is 2.85. The lowest BCUT2D eigenvalue weighted by molar-refractivity contribution is 0.269. The lowest BCUT2D eigenvalue weighted by Crippen LogP contribution is -2.10. The largest absolute Gasteiger partial charge is 0.394 e. The van der Waals surface area contributed by atoms with Gasteiger partial charge in [0.2, 0.25) is 0 Å². The average molecular weight is 261 g/mol. The Morgan fingerprint density at radius 1 is 1.32 bits per heavy atom. The minimum atomic E-state index is 0.102. The van der Waals surface area contributed by atoms with E-state index in [1.807, 2.05) is 43.5 Å². The molecule has 0 atom stereocenters. The number of rotatable bonds is 6. The van der Waals surface area contributed by atoms with Gasteiger partial charge >= 0.3 is 0 Å². The summed E-state index contributed by atoms with van der Waals surface area (Å²) in [5, 5.41) is 16.3. The number of aliphatic hydroxyl groups is 1. The van der Waals surface area contributed by atoms with Crippen LogP contribution in [-0.2, 0) is 13.1 Å². The van der Waals surface area contributed by atoms with Gasteiger partial charge < -0.3 is 15.3 Å². The molecule has 0 saturated carbocycles. The van der Waals surface area contributed by atoms with Gasteiger partial charge in [0.15, 0.2) is 0 Å². The van der Waals surface area contributed by atoms with Crippen LogP contribution in [0, 0.1) is 0 Å². The van der Waals surface area contributed by atoms with Crippen LogP contribution in [-0.4, -0.2) is 40.6 Å². The molecule has 0 amide bonds. The summed E-state index contributed by atoms with van der Waals surface area (Å²) in [5.41, 5.74) is 2.05. The summed E-state index contributed by atoms with van der Waals surface area (Å²) in [6.45, 7) is 1.32. The molecule has 0 saturated heterocycles. The lowest BCUT2D eigenvalue weighted by Gasteiger charge is -2.11. The number of nitrogens with zero attached hydrogens (tertiary/aromatic N) is 4. The molecule has 6 heteroatoms. The van der Waals surface area contributed by atoms with Gasteiger partial charge in [-0.25, -0.2) is 4.98 Å². The Hall–Kier alpha value is -2.08. The minimum absolute atomic E-state index is 0.102. The fourth-order valence-electron chi connectivity index (χ4n) is 1.68. The number of aromatic nitrogens is 3. The summed E-state index contributed by atoms with van der Waals surface area (Å²) in [5.74, 6) is 0.932. The number of pyridine rings is 1. The molecule has 0 aliphatic heterocycles. The zero-order chi connectivity index (χ0) is 13.7. The van der Waals surface area contributed by atoms with Crippen molar-refractivity contribution in [2.24, 2.45) is 0 Å². The minimum Gasteiger partial charge on any atom is -0.394 e. The van der Waals surface area contributed by atoms with E-state index in [1.54, 1.807) is 10.9 Å². The highest BCUT2D eigenvalue weighted by Gasteiger charge is 2.00. The number of hydrogen-bond donors (Lipinski definition) is 2. The third-order valence-electron chi connectivity index (χ3n) is 2.72. The molecule has 102 valence electrons. The molecule has 2 rings (SSSR count). The molecular weight excluding hydrogens is 242 g/mol. The normalized spacial score (nSPS) is 10.5. The molecule has 0 fully saturated rings. The molecule has 6 nitrogen and oxygen atoms in total. The summed E-state index contributed by atoms with van der Waals surface area (Å²) < 4.78 is 1.73. The van der Waals surface area contributed by atoms with E-state index in [9.17, 15) is 0 Å². The van der Waals surface area contributed by atoms with Crippen molar-refractivity contribution in [1.82, 2.24) is 14.8 Å². The van der Waals surface area contributed by atoms with Crippen molar-refractivity contribution in [3.63, 3.8) is 0 Å². The molecule has 0 aromatic carbocycles. The molecule has 0 spiro atoms. The standard InChI is InChI=1S/C13H19N5O/c1-17(2)13-4-3-12(9-15-13)14-7-11-8-16-18(10-11)5-6-19/h3-4,8-10,14,19H,5-7H2,1-2H3. The van der Waals surface area contributed by atoms with E-state index in [1.165, 1.54) is 0 Å². The number of hydrogen-bond acceptors (Lipinski definition) is 5. The van der Waals surface area contributed by atoms with Crippen molar-refractivity contribution in [2.45, 2.75) is 13.1 Å². The van der Waals surface area contributed by atoms with Gasteiger partial charge in [-0.15, -0.1) is 0 Å². The second-order valence-electron chi connectivity index (χ2n) is 4.49. The maximum absolute atomic E-state index is 8.82. The molecular formula is C13H19N5O. The van der Waals surface area contributed by atoms with Gasteiger partial charge in [-0.1, -0.05) is 0 Å². The Bertz CT molecular complexity index is 506. The zero-order valence-electron chi connectivity index (χ0n) is 11.2. The molecule has 0 unspecified atom stereocenters. The van der Waals surface area contributed by atoms with Crippen molar-refractivity contribution in [3.05, 3.63) is 36.3 Å². The van der Waals surface area contributed by atoms with E-state index < -0.39 is 0 Å². The van der Waals surface area contributed by atoms with Crippen molar-refractivity contribution in [2.75, 3.05) is 30.9 Å². The maximum atomic E-state index is 8.82. The molecule has 2 heterocycles. The van der Waals surface area contributed by atoms with E-state index in [2.05, 4.69) is 15.4 Å². The Labute approximate surface area is 112 Å². The number of anilines is 2. The second kappa shape index (κ2) is 6.19. The lowest BCUT2D eigenvalue weighted by atomic mass is 10.3. The van der Waals surface area contributed by atoms with Crippen LogP contribution in [0.4, 0.5) is 11.5 Å². The van der Waals surface area contributed by atoms with Crippen LogP contribution in [0.3, 0.4) is 0 Å². The summed E-state index contributed by atoms with van der Waals surface area (Å²) in [4.78, 5) is 6.30. The Morgan fingerprint density at radius 2 is 2.16 bits per heavy atom. The van der Waals surface area contributed by atoms with Crippen LogP contribution in [0.15, 0.2) is 30.7 Å². The van der Waals surface area contributed by atoms with E-state index >= 15 is 0 Å². The van der Waals surface area contributed by atoms with Crippen molar-refractivity contribution in [3.8, 4) is 0 Å². The molecule has 2 aromatic heterocycles. The predicted molar refractivity (Wildman–Crippen MR) is 75.2 cm³/mol. The fourth-order valence-corrected chi connectivity index (χ4v) is 1.68. The first-order valence-corrected chi connectivity index (χ1v) is 6.18. The van der Waals surface area contributed by atoms with E-state index in [0.29, 0.717) is 13.1 Å². The summed E-state index contributed by atoms with van der Waals surface area (Å²) in [6, 6.07) is 3.97. The molecule has 0 bridgehead atoms. The molecule has 0 aliphatic carbocycles. The third kappa shape index (κ3) is 3.69. The number of aliphatic hydroxyl groups excluding tert-OH is 1. The Balaban J connectivity index is 1.90. The Kier molecular flexibility index (Phi) is 4.35. The van der Waals surface area contributed by atoms with Gasteiger partial charge in [0, 0.05) is 32.4 Å². The van der Waals surface area contributed by atoms with E-state index in [0.717, 1.165) is 17.1 Å². The maximum Gasteiger partial charge on any atom is 0.128 e. The summed E-state index contributed by atoms with van der Waals surface area (Å²) in [7, 11) is 3.93. The molecule has 0 radical (unpaired) electrons. The van der Waals surface area contributed by atoms with Crippen LogP contribution in [0.5, 0.6) is 0 Å². The van der Waals surface area contributed by atoms with E-state index in [4.69, 9.17) is 5.11 Å². The van der Waals surface area contributed by atoms with Gasteiger partial charge in [0.05, 0.1) is 31.2 Å². The van der Waals surface area contributed by atoms with Crippen LogP contribution >= 0.6 is 0 Å². The van der Waals surface area contributed by atoms with Gasteiger partial charge in [0.1, 0.15) is 5.82 Å². The van der Waals surface area contributed by atoms with Crippen molar-refractivity contribution >= 4 is 11.5 Å². The first-order chi connectivity index (χ1) is 9.19. The summed E-state index contributed by atoms with van der Waals surface area (Å²) in [6.07, 6.45) is 5.53.